The van der Waals surface area contributed by atoms with Crippen LogP contribution in [0.15, 0.2) is 55.8 Å². The number of carbonyl (C=O) groups is 1. The van der Waals surface area contributed by atoms with Gasteiger partial charge in [0.1, 0.15) is 17.3 Å². The second kappa shape index (κ2) is 7.80. The third-order valence-corrected chi connectivity index (χ3v) is 5.54. The van der Waals surface area contributed by atoms with E-state index in [0.717, 1.165) is 25.8 Å². The van der Waals surface area contributed by atoms with Gasteiger partial charge in [-0.15, -0.1) is 0 Å². The summed E-state index contributed by atoms with van der Waals surface area (Å²) in [4.78, 5) is 13.3. The number of benzene rings is 2. The molecule has 0 bridgehead atoms. The van der Waals surface area contributed by atoms with Crippen molar-refractivity contribution in [3.8, 4) is 5.75 Å². The van der Waals surface area contributed by atoms with Crippen LogP contribution in [-0.2, 0) is 6.42 Å². The molecule has 3 rings (SSSR count). The number of aryl methyl sites for hydroxylation is 1. The van der Waals surface area contributed by atoms with Crippen LogP contribution < -0.4 is 4.74 Å². The number of rotatable bonds is 5. The normalized spacial score (nSPS) is 10.8. The topological polar surface area (TPSA) is 39.4 Å². The van der Waals surface area contributed by atoms with Gasteiger partial charge in [0.15, 0.2) is 5.78 Å². The van der Waals surface area contributed by atoms with Crippen LogP contribution in [0.3, 0.4) is 0 Å². The Labute approximate surface area is 169 Å². The SMILES string of the molecule is COc1c(Br)cc(C(=O)c2c(Cc3ccccc3)oc(C)c2C)cc1Br. The van der Waals surface area contributed by atoms with Crippen molar-refractivity contribution in [3.05, 3.63) is 85.2 Å². The zero-order valence-corrected chi connectivity index (χ0v) is 17.9. The van der Waals surface area contributed by atoms with E-state index in [-0.39, 0.29) is 5.78 Å². The van der Waals surface area contributed by atoms with E-state index in [1.165, 1.54) is 0 Å². The van der Waals surface area contributed by atoms with Crippen LogP contribution in [0.5, 0.6) is 5.75 Å². The van der Waals surface area contributed by atoms with Crippen molar-refractivity contribution < 1.29 is 13.9 Å². The lowest BCUT2D eigenvalue weighted by Gasteiger charge is -2.09. The van der Waals surface area contributed by atoms with Gasteiger partial charge in [-0.25, -0.2) is 0 Å². The van der Waals surface area contributed by atoms with E-state index >= 15 is 0 Å². The first-order chi connectivity index (χ1) is 12.4. The molecule has 1 aromatic heterocycles. The van der Waals surface area contributed by atoms with Gasteiger partial charge in [-0.3, -0.25) is 4.79 Å². The number of carbonyl (C=O) groups excluding carboxylic acids is 1. The van der Waals surface area contributed by atoms with Crippen LogP contribution in [0.25, 0.3) is 0 Å². The maximum absolute atomic E-state index is 13.3. The molecular formula is C21H18Br2O3. The quantitative estimate of drug-likeness (QED) is 0.407. The monoisotopic (exact) mass is 476 g/mol. The number of methoxy groups -OCH3 is 1. The fraction of sp³-hybridized carbons (Fsp3) is 0.190. The molecule has 0 aliphatic heterocycles. The molecule has 26 heavy (non-hydrogen) atoms. The lowest BCUT2D eigenvalue weighted by Crippen LogP contribution is -2.06. The van der Waals surface area contributed by atoms with Gasteiger partial charge in [-0.1, -0.05) is 30.3 Å². The zero-order valence-electron chi connectivity index (χ0n) is 14.7. The molecule has 3 aromatic rings. The van der Waals surface area contributed by atoms with Crippen molar-refractivity contribution in [2.45, 2.75) is 20.3 Å². The van der Waals surface area contributed by atoms with E-state index in [1.54, 1.807) is 19.2 Å². The number of ether oxygens (including phenoxy) is 1. The summed E-state index contributed by atoms with van der Waals surface area (Å²) >= 11 is 6.93. The second-order valence-electron chi connectivity index (χ2n) is 6.05. The predicted octanol–water partition coefficient (Wildman–Crippen LogP) is 6.25. The second-order valence-corrected chi connectivity index (χ2v) is 7.75. The zero-order chi connectivity index (χ0) is 18.8. The summed E-state index contributed by atoms with van der Waals surface area (Å²) in [5.41, 5.74) is 3.19. The highest BCUT2D eigenvalue weighted by atomic mass is 79.9. The average molecular weight is 478 g/mol. The van der Waals surface area contributed by atoms with Crippen LogP contribution >= 0.6 is 31.9 Å². The Morgan fingerprint density at radius 3 is 2.27 bits per heavy atom. The van der Waals surface area contributed by atoms with Gasteiger partial charge in [0.25, 0.3) is 0 Å². The third kappa shape index (κ3) is 3.64. The molecule has 0 saturated carbocycles. The van der Waals surface area contributed by atoms with Gasteiger partial charge in [0, 0.05) is 17.5 Å². The van der Waals surface area contributed by atoms with Gasteiger partial charge >= 0.3 is 0 Å². The molecule has 0 aliphatic rings. The van der Waals surface area contributed by atoms with Crippen LogP contribution in [0, 0.1) is 13.8 Å². The number of hydrogen-bond donors (Lipinski definition) is 0. The van der Waals surface area contributed by atoms with Crippen molar-refractivity contribution in [1.82, 2.24) is 0 Å². The molecule has 0 unspecified atom stereocenters. The van der Waals surface area contributed by atoms with Gasteiger partial charge in [-0.2, -0.15) is 0 Å². The Kier molecular flexibility index (Phi) is 5.68. The Bertz CT molecular complexity index is 936. The largest absolute Gasteiger partial charge is 0.494 e. The van der Waals surface area contributed by atoms with Gasteiger partial charge in [0.2, 0.25) is 0 Å². The minimum atomic E-state index is -0.0608. The van der Waals surface area contributed by atoms with Crippen molar-refractivity contribution in [2.24, 2.45) is 0 Å². The van der Waals surface area contributed by atoms with E-state index in [4.69, 9.17) is 9.15 Å². The molecule has 0 radical (unpaired) electrons. The van der Waals surface area contributed by atoms with Crippen molar-refractivity contribution in [3.63, 3.8) is 0 Å². The molecule has 0 atom stereocenters. The van der Waals surface area contributed by atoms with E-state index in [0.29, 0.717) is 29.1 Å². The van der Waals surface area contributed by atoms with E-state index in [9.17, 15) is 4.79 Å². The van der Waals surface area contributed by atoms with E-state index in [2.05, 4.69) is 31.9 Å². The molecule has 0 saturated heterocycles. The third-order valence-electron chi connectivity index (χ3n) is 4.36. The molecule has 0 fully saturated rings. The van der Waals surface area contributed by atoms with Crippen molar-refractivity contribution in [2.75, 3.05) is 7.11 Å². The van der Waals surface area contributed by atoms with Crippen LogP contribution in [-0.4, -0.2) is 12.9 Å². The van der Waals surface area contributed by atoms with E-state index in [1.807, 2.05) is 44.2 Å². The Morgan fingerprint density at radius 1 is 1.08 bits per heavy atom. The van der Waals surface area contributed by atoms with Crippen LogP contribution in [0.4, 0.5) is 0 Å². The molecule has 3 nitrogen and oxygen atoms in total. The average Bonchev–Trinajstić information content (AvgIpc) is 2.88. The molecule has 0 spiro atoms. The summed E-state index contributed by atoms with van der Waals surface area (Å²) < 4.78 is 12.7. The molecule has 0 amide bonds. The van der Waals surface area contributed by atoms with Crippen molar-refractivity contribution in [1.29, 1.82) is 0 Å². The van der Waals surface area contributed by atoms with Crippen LogP contribution in [0.1, 0.15) is 38.6 Å². The number of ketones is 1. The highest BCUT2D eigenvalue weighted by Crippen LogP contribution is 2.36. The molecular weight excluding hydrogens is 460 g/mol. The molecule has 134 valence electrons. The highest BCUT2D eigenvalue weighted by molar-refractivity contribution is 9.11. The minimum absolute atomic E-state index is 0.0608. The molecule has 2 aromatic carbocycles. The summed E-state index contributed by atoms with van der Waals surface area (Å²) in [5.74, 6) is 2.06. The molecule has 0 aliphatic carbocycles. The highest BCUT2D eigenvalue weighted by Gasteiger charge is 2.24. The molecule has 5 heteroatoms. The number of furan rings is 1. The van der Waals surface area contributed by atoms with Gasteiger partial charge < -0.3 is 9.15 Å². The number of hydrogen-bond acceptors (Lipinski definition) is 3. The lowest BCUT2D eigenvalue weighted by atomic mass is 9.97. The fourth-order valence-electron chi connectivity index (χ4n) is 2.93. The van der Waals surface area contributed by atoms with Gasteiger partial charge in [-0.05, 0) is 63.4 Å². The summed E-state index contributed by atoms with van der Waals surface area (Å²) in [5, 5.41) is 0. The maximum atomic E-state index is 13.3. The predicted molar refractivity (Wildman–Crippen MR) is 109 cm³/mol. The van der Waals surface area contributed by atoms with Crippen LogP contribution in [0.2, 0.25) is 0 Å². The lowest BCUT2D eigenvalue weighted by molar-refractivity contribution is 0.103. The van der Waals surface area contributed by atoms with Gasteiger partial charge in [0.05, 0.1) is 21.6 Å². The Morgan fingerprint density at radius 2 is 1.69 bits per heavy atom. The van der Waals surface area contributed by atoms with Crippen molar-refractivity contribution >= 4 is 37.6 Å². The summed E-state index contributed by atoms with van der Waals surface area (Å²) in [6.45, 7) is 3.81. The molecule has 1 heterocycles. The van der Waals surface area contributed by atoms with E-state index < -0.39 is 0 Å². The fourth-order valence-corrected chi connectivity index (χ4v) is 4.44. The standard InChI is InChI=1S/C21H18Br2O3/c1-12-13(2)26-18(9-14-7-5-4-6-8-14)19(12)20(24)15-10-16(22)21(25-3)17(23)11-15/h4-8,10-11H,9H2,1-3H3. The minimum Gasteiger partial charge on any atom is -0.494 e. The Hall–Kier alpha value is -1.85. The molecule has 0 N–H and O–H groups in total. The summed E-state index contributed by atoms with van der Waals surface area (Å²) in [6.07, 6.45) is 0.578. The number of halogens is 2. The smallest absolute Gasteiger partial charge is 0.196 e. The first kappa shape index (κ1) is 18.9. The Balaban J connectivity index is 2.05. The first-order valence-corrected chi connectivity index (χ1v) is 9.71. The summed E-state index contributed by atoms with van der Waals surface area (Å²) in [7, 11) is 1.59. The maximum Gasteiger partial charge on any atom is 0.196 e. The summed E-state index contributed by atoms with van der Waals surface area (Å²) in [6, 6.07) is 13.6. The first-order valence-electron chi connectivity index (χ1n) is 8.13.